The molecule has 0 saturated carbocycles. The van der Waals surface area contributed by atoms with Gasteiger partial charge < -0.3 is 16.2 Å². The number of nitrogens with one attached hydrogen (secondary N) is 1. The highest BCUT2D eigenvalue weighted by molar-refractivity contribution is 5.97. The molecule has 1 atom stereocenters. The average molecular weight is 264 g/mol. The molecule has 8 heteroatoms. The molecule has 0 aliphatic carbocycles. The van der Waals surface area contributed by atoms with E-state index in [0.29, 0.717) is 5.69 Å². The molecule has 4 N–H and O–H groups in total. The van der Waals surface area contributed by atoms with Crippen molar-refractivity contribution in [2.24, 2.45) is 5.73 Å². The first-order valence-electron chi connectivity index (χ1n) is 5.46. The molecular weight excluding hydrogens is 252 g/mol. The highest BCUT2D eigenvalue weighted by Gasteiger charge is 2.29. The lowest BCUT2D eigenvalue weighted by molar-refractivity contribution is -0.132. The summed E-state index contributed by atoms with van der Waals surface area (Å²) in [6.45, 7) is 3.53. The molecule has 0 fully saturated rings. The van der Waals surface area contributed by atoms with Crippen LogP contribution in [0, 0.1) is 0 Å². The predicted molar refractivity (Wildman–Crippen MR) is 63.2 cm³/mol. The molecule has 0 bridgehead atoms. The Hall–Kier alpha value is -2.64. The molecule has 0 radical (unpaired) electrons. The van der Waals surface area contributed by atoms with Gasteiger partial charge >= 0.3 is 5.97 Å². The largest absolute Gasteiger partial charge is 0.478 e. The van der Waals surface area contributed by atoms with Crippen LogP contribution in [0.4, 0.5) is 0 Å². The van der Waals surface area contributed by atoms with E-state index in [4.69, 9.17) is 10.8 Å². The van der Waals surface area contributed by atoms with Crippen molar-refractivity contribution in [2.75, 3.05) is 0 Å². The Kier molecular flexibility index (Phi) is 3.07. The number of hydrogen-bond acceptors (Lipinski definition) is 4. The van der Waals surface area contributed by atoms with Crippen LogP contribution in [-0.4, -0.2) is 38.7 Å². The lowest BCUT2D eigenvalue weighted by Crippen LogP contribution is -2.51. The molecule has 1 aromatic heterocycles. The minimum absolute atomic E-state index is 0.0256. The summed E-state index contributed by atoms with van der Waals surface area (Å²) < 4.78 is 1.35. The van der Waals surface area contributed by atoms with Crippen LogP contribution in [-0.2, 0) is 22.6 Å². The summed E-state index contributed by atoms with van der Waals surface area (Å²) in [5, 5.41) is 15.3. The fourth-order valence-corrected chi connectivity index (χ4v) is 1.78. The van der Waals surface area contributed by atoms with Gasteiger partial charge in [-0.25, -0.2) is 4.79 Å². The van der Waals surface area contributed by atoms with Gasteiger partial charge in [-0.15, -0.1) is 0 Å². The first kappa shape index (κ1) is 12.8. The number of amides is 2. The maximum Gasteiger partial charge on any atom is 0.331 e. The standard InChI is InChI=1S/C11H12N4O4/c1-5(11(18)19)2-6-3-8-10(17)13-7(9(12)16)4-15(8)14-6/h3,7H,1-2,4H2,(H2,12,16)(H,13,17)(H,18,19). The number of nitrogens with two attached hydrogens (primary N) is 1. The fourth-order valence-electron chi connectivity index (χ4n) is 1.78. The smallest absolute Gasteiger partial charge is 0.331 e. The molecule has 1 aliphatic heterocycles. The normalized spacial score (nSPS) is 17.5. The van der Waals surface area contributed by atoms with Gasteiger partial charge in [-0.3, -0.25) is 14.3 Å². The van der Waals surface area contributed by atoms with E-state index < -0.39 is 23.8 Å². The molecular formula is C11H12N4O4. The van der Waals surface area contributed by atoms with Gasteiger partial charge in [-0.2, -0.15) is 5.10 Å². The van der Waals surface area contributed by atoms with Crippen molar-refractivity contribution in [2.45, 2.75) is 19.0 Å². The van der Waals surface area contributed by atoms with Crippen LogP contribution in [0.15, 0.2) is 18.2 Å². The van der Waals surface area contributed by atoms with Crippen molar-refractivity contribution in [3.63, 3.8) is 0 Å². The second-order valence-corrected chi connectivity index (χ2v) is 4.22. The molecule has 1 aliphatic rings. The Labute approximate surface area is 107 Å². The summed E-state index contributed by atoms with van der Waals surface area (Å²) in [4.78, 5) is 33.5. The maximum atomic E-state index is 11.7. The molecule has 100 valence electrons. The van der Waals surface area contributed by atoms with Crippen molar-refractivity contribution in [1.82, 2.24) is 15.1 Å². The van der Waals surface area contributed by atoms with E-state index in [1.165, 1.54) is 10.7 Å². The van der Waals surface area contributed by atoms with Gasteiger partial charge in [0.1, 0.15) is 11.7 Å². The number of carbonyl (C=O) groups excluding carboxylic acids is 2. The predicted octanol–water partition coefficient (Wildman–Crippen LogP) is -1.34. The Morgan fingerprint density at radius 1 is 1.63 bits per heavy atom. The van der Waals surface area contributed by atoms with Crippen LogP contribution < -0.4 is 11.1 Å². The number of nitrogens with zero attached hydrogens (tertiary/aromatic N) is 2. The highest BCUT2D eigenvalue weighted by Crippen LogP contribution is 2.13. The summed E-state index contributed by atoms with van der Waals surface area (Å²) in [6.07, 6.45) is 0.0316. The lowest BCUT2D eigenvalue weighted by Gasteiger charge is -2.21. The van der Waals surface area contributed by atoms with E-state index in [1.807, 2.05) is 0 Å². The molecule has 0 saturated heterocycles. The molecule has 2 heterocycles. The van der Waals surface area contributed by atoms with Crippen molar-refractivity contribution in [3.8, 4) is 0 Å². The zero-order valence-corrected chi connectivity index (χ0v) is 9.92. The molecule has 0 aromatic carbocycles. The second-order valence-electron chi connectivity index (χ2n) is 4.22. The van der Waals surface area contributed by atoms with Gasteiger partial charge in [-0.05, 0) is 6.07 Å². The van der Waals surface area contributed by atoms with Crippen LogP contribution in [0.2, 0.25) is 0 Å². The number of aromatic nitrogens is 2. The van der Waals surface area contributed by atoms with Crippen LogP contribution in [0.5, 0.6) is 0 Å². The number of carboxylic acids is 1. The van der Waals surface area contributed by atoms with Crippen molar-refractivity contribution in [3.05, 3.63) is 29.6 Å². The van der Waals surface area contributed by atoms with Gasteiger partial charge in [0.15, 0.2) is 0 Å². The van der Waals surface area contributed by atoms with Crippen LogP contribution in [0.1, 0.15) is 16.2 Å². The third kappa shape index (κ3) is 2.46. The van der Waals surface area contributed by atoms with Crippen LogP contribution >= 0.6 is 0 Å². The molecule has 8 nitrogen and oxygen atoms in total. The molecule has 2 rings (SSSR count). The summed E-state index contributed by atoms with van der Waals surface area (Å²) in [7, 11) is 0. The first-order valence-corrected chi connectivity index (χ1v) is 5.46. The zero-order chi connectivity index (χ0) is 14.2. The zero-order valence-electron chi connectivity index (χ0n) is 9.92. The molecule has 19 heavy (non-hydrogen) atoms. The third-order valence-corrected chi connectivity index (χ3v) is 2.76. The summed E-state index contributed by atoms with van der Waals surface area (Å²) in [5.74, 6) is -2.23. The SMILES string of the molecule is C=C(Cc1cc2n(n1)CC(C(N)=O)NC2=O)C(=O)O. The van der Waals surface area contributed by atoms with E-state index in [1.54, 1.807) is 0 Å². The van der Waals surface area contributed by atoms with Gasteiger partial charge in [0, 0.05) is 12.0 Å². The second kappa shape index (κ2) is 4.56. The number of carbonyl (C=O) groups is 3. The maximum absolute atomic E-state index is 11.7. The number of carboxylic acid groups (broad SMARTS) is 1. The molecule has 2 amide bonds. The van der Waals surface area contributed by atoms with Crippen molar-refractivity contribution in [1.29, 1.82) is 0 Å². The van der Waals surface area contributed by atoms with Crippen molar-refractivity contribution >= 4 is 17.8 Å². The monoisotopic (exact) mass is 264 g/mol. The average Bonchev–Trinajstić information content (AvgIpc) is 2.71. The Morgan fingerprint density at radius 3 is 2.89 bits per heavy atom. The Morgan fingerprint density at radius 2 is 2.32 bits per heavy atom. The Balaban J connectivity index is 2.24. The number of aliphatic carboxylic acids is 1. The van der Waals surface area contributed by atoms with E-state index in [-0.39, 0.29) is 24.2 Å². The highest BCUT2D eigenvalue weighted by atomic mass is 16.4. The lowest BCUT2D eigenvalue weighted by atomic mass is 10.1. The summed E-state index contributed by atoms with van der Waals surface area (Å²) in [5.41, 5.74) is 5.78. The third-order valence-electron chi connectivity index (χ3n) is 2.76. The minimum atomic E-state index is -1.12. The fraction of sp³-hybridized carbons (Fsp3) is 0.273. The minimum Gasteiger partial charge on any atom is -0.478 e. The van der Waals surface area contributed by atoms with E-state index >= 15 is 0 Å². The number of rotatable bonds is 4. The molecule has 1 aromatic rings. The first-order chi connectivity index (χ1) is 8.88. The van der Waals surface area contributed by atoms with Crippen molar-refractivity contribution < 1.29 is 19.5 Å². The van der Waals surface area contributed by atoms with Crippen LogP contribution in [0.3, 0.4) is 0 Å². The quantitative estimate of drug-likeness (QED) is 0.580. The van der Waals surface area contributed by atoms with Gasteiger partial charge in [0.25, 0.3) is 5.91 Å². The van der Waals surface area contributed by atoms with E-state index in [9.17, 15) is 14.4 Å². The summed E-state index contributed by atoms with van der Waals surface area (Å²) in [6, 6.07) is 0.663. The van der Waals surface area contributed by atoms with E-state index in [0.717, 1.165) is 0 Å². The van der Waals surface area contributed by atoms with E-state index in [2.05, 4.69) is 17.0 Å². The van der Waals surface area contributed by atoms with Gasteiger partial charge in [0.2, 0.25) is 5.91 Å². The van der Waals surface area contributed by atoms with Gasteiger partial charge in [0.05, 0.1) is 12.2 Å². The number of hydrogen-bond donors (Lipinski definition) is 3. The summed E-state index contributed by atoms with van der Waals surface area (Å²) >= 11 is 0. The van der Waals surface area contributed by atoms with Crippen LogP contribution in [0.25, 0.3) is 0 Å². The topological polar surface area (TPSA) is 127 Å². The van der Waals surface area contributed by atoms with Gasteiger partial charge in [-0.1, -0.05) is 6.58 Å². The molecule has 0 spiro atoms. The molecule has 1 unspecified atom stereocenters. The Bertz CT molecular complexity index is 590. The number of fused-ring (bicyclic) bond motifs is 1. The number of primary amides is 1.